The van der Waals surface area contributed by atoms with Crippen molar-refractivity contribution in [2.45, 2.75) is 25.8 Å². The van der Waals surface area contributed by atoms with Gasteiger partial charge in [-0.2, -0.15) is 0 Å². The van der Waals surface area contributed by atoms with Gasteiger partial charge >= 0.3 is 0 Å². The van der Waals surface area contributed by atoms with Crippen molar-refractivity contribution in [3.8, 4) is 0 Å². The number of carbonyl (C=O) groups is 1. The molecule has 1 aromatic heterocycles. The fourth-order valence-corrected chi connectivity index (χ4v) is 2.38. The zero-order valence-corrected chi connectivity index (χ0v) is 11.4. The summed E-state index contributed by atoms with van der Waals surface area (Å²) in [6.45, 7) is 2.99. The summed E-state index contributed by atoms with van der Waals surface area (Å²) in [5.41, 5.74) is 0. The number of rotatable bonds is 2. The molecule has 2 N–H and O–H groups in total. The van der Waals surface area contributed by atoms with Gasteiger partial charge in [-0.1, -0.05) is 18.5 Å². The summed E-state index contributed by atoms with van der Waals surface area (Å²) in [6, 6.07) is 1.28. The minimum atomic E-state index is -0.193. The van der Waals surface area contributed by atoms with Gasteiger partial charge in [0.05, 0.1) is 6.04 Å². The third-order valence-corrected chi connectivity index (χ3v) is 3.26. The van der Waals surface area contributed by atoms with E-state index in [1.807, 2.05) is 0 Å². The number of nitrogens with zero attached hydrogens (tertiary/aromatic N) is 2. The fraction of sp³-hybridized carbons (Fsp3) is 0.545. The summed E-state index contributed by atoms with van der Waals surface area (Å²) in [7, 11) is 0. The van der Waals surface area contributed by atoms with Gasteiger partial charge in [-0.3, -0.25) is 4.79 Å². The first-order chi connectivity index (χ1) is 8.54. The number of nitrogens with one attached hydrogen (secondary N) is 2. The van der Waals surface area contributed by atoms with Crippen LogP contribution in [0.25, 0.3) is 0 Å². The highest BCUT2D eigenvalue weighted by Crippen LogP contribution is 2.18. The lowest BCUT2D eigenvalue weighted by atomic mass is 9.94. The second kappa shape index (κ2) is 5.82. The summed E-state index contributed by atoms with van der Waals surface area (Å²) >= 11 is 11.4. The molecule has 0 spiro atoms. The van der Waals surface area contributed by atoms with E-state index in [-0.39, 0.29) is 22.4 Å². The molecule has 0 aromatic carbocycles. The molecule has 1 aliphatic rings. The van der Waals surface area contributed by atoms with Gasteiger partial charge in [-0.25, -0.2) is 9.97 Å². The van der Waals surface area contributed by atoms with E-state index in [4.69, 9.17) is 23.2 Å². The molecule has 0 radical (unpaired) electrons. The molecule has 2 unspecified atom stereocenters. The Bertz CT molecular complexity index is 434. The Morgan fingerprint density at radius 1 is 1.50 bits per heavy atom. The first kappa shape index (κ1) is 13.5. The average molecular weight is 289 g/mol. The highest BCUT2D eigenvalue weighted by Gasteiger charge is 2.24. The van der Waals surface area contributed by atoms with Crippen molar-refractivity contribution in [3.63, 3.8) is 0 Å². The zero-order chi connectivity index (χ0) is 13.1. The second-order valence-electron chi connectivity index (χ2n) is 4.47. The van der Waals surface area contributed by atoms with Gasteiger partial charge in [0.25, 0.3) is 0 Å². The van der Waals surface area contributed by atoms with Crippen LogP contribution >= 0.6 is 23.2 Å². The Hall–Kier alpha value is -0.910. The van der Waals surface area contributed by atoms with Crippen molar-refractivity contribution in [2.24, 2.45) is 5.92 Å². The van der Waals surface area contributed by atoms with E-state index in [1.165, 1.54) is 6.07 Å². The van der Waals surface area contributed by atoms with Crippen molar-refractivity contribution in [1.82, 2.24) is 15.3 Å². The van der Waals surface area contributed by atoms with E-state index < -0.39 is 0 Å². The fourth-order valence-electron chi connectivity index (χ4n) is 1.97. The normalized spacial score (nSPS) is 23.7. The molecular formula is C11H14Cl2N4O. The third kappa shape index (κ3) is 3.54. The first-order valence-corrected chi connectivity index (χ1v) is 6.54. The van der Waals surface area contributed by atoms with Gasteiger partial charge in [0, 0.05) is 6.07 Å². The highest BCUT2D eigenvalue weighted by molar-refractivity contribution is 6.32. The molecular weight excluding hydrogens is 275 g/mol. The molecule has 5 nitrogen and oxygen atoms in total. The van der Waals surface area contributed by atoms with E-state index in [9.17, 15) is 4.79 Å². The molecule has 1 aromatic rings. The van der Waals surface area contributed by atoms with Crippen LogP contribution < -0.4 is 10.6 Å². The molecule has 0 saturated carbocycles. The molecule has 1 amide bonds. The van der Waals surface area contributed by atoms with Crippen molar-refractivity contribution in [2.75, 3.05) is 11.9 Å². The summed E-state index contributed by atoms with van der Waals surface area (Å²) in [6.07, 6.45) is 1.91. The van der Waals surface area contributed by atoms with Gasteiger partial charge in [-0.05, 0) is 36.9 Å². The van der Waals surface area contributed by atoms with E-state index in [1.54, 1.807) is 0 Å². The lowest BCUT2D eigenvalue weighted by Gasteiger charge is -2.27. The van der Waals surface area contributed by atoms with Crippen molar-refractivity contribution in [3.05, 3.63) is 16.5 Å². The largest absolute Gasteiger partial charge is 0.309 e. The smallest absolute Gasteiger partial charge is 0.242 e. The van der Waals surface area contributed by atoms with Crippen LogP contribution in [-0.4, -0.2) is 28.5 Å². The van der Waals surface area contributed by atoms with Crippen LogP contribution in [0.3, 0.4) is 0 Å². The summed E-state index contributed by atoms with van der Waals surface area (Å²) in [5, 5.41) is 6.09. The van der Waals surface area contributed by atoms with Crippen molar-refractivity contribution in [1.29, 1.82) is 0 Å². The van der Waals surface area contributed by atoms with E-state index >= 15 is 0 Å². The van der Waals surface area contributed by atoms with E-state index in [0.29, 0.717) is 11.7 Å². The molecule has 0 aliphatic carbocycles. The van der Waals surface area contributed by atoms with Crippen LogP contribution in [0.15, 0.2) is 6.07 Å². The van der Waals surface area contributed by atoms with Crippen LogP contribution in [0.4, 0.5) is 5.82 Å². The Morgan fingerprint density at radius 2 is 2.28 bits per heavy atom. The van der Waals surface area contributed by atoms with Crippen molar-refractivity contribution >= 4 is 34.9 Å². The molecule has 0 bridgehead atoms. The van der Waals surface area contributed by atoms with Crippen LogP contribution in [0.5, 0.6) is 0 Å². The number of amides is 1. The summed E-state index contributed by atoms with van der Waals surface area (Å²) in [4.78, 5) is 19.6. The number of piperidine rings is 1. The molecule has 2 rings (SSSR count). The molecule has 1 aliphatic heterocycles. The summed E-state index contributed by atoms with van der Waals surface area (Å²) in [5.74, 6) is 0.747. The third-order valence-electron chi connectivity index (χ3n) is 2.90. The predicted molar refractivity (Wildman–Crippen MR) is 70.9 cm³/mol. The van der Waals surface area contributed by atoms with Gasteiger partial charge < -0.3 is 10.6 Å². The number of carbonyl (C=O) groups excluding carboxylic acids is 1. The minimum absolute atomic E-state index is 0.0165. The zero-order valence-electron chi connectivity index (χ0n) is 9.91. The van der Waals surface area contributed by atoms with Crippen LogP contribution in [0.2, 0.25) is 10.4 Å². The van der Waals surface area contributed by atoms with Gasteiger partial charge in [0.1, 0.15) is 11.0 Å². The maximum Gasteiger partial charge on any atom is 0.242 e. The standard InChI is InChI=1S/C11H14Cl2N4O/c1-6-2-3-14-7(4-6)10(18)16-9-5-8(12)15-11(13)17-9/h5-7,14H,2-4H2,1H3,(H,15,16,17,18). The van der Waals surface area contributed by atoms with Crippen LogP contribution in [0.1, 0.15) is 19.8 Å². The average Bonchev–Trinajstić information content (AvgIpc) is 2.27. The van der Waals surface area contributed by atoms with Crippen molar-refractivity contribution < 1.29 is 4.79 Å². The molecule has 2 heterocycles. The summed E-state index contributed by atoms with van der Waals surface area (Å²) < 4.78 is 0. The Balaban J connectivity index is 2.02. The van der Waals surface area contributed by atoms with Gasteiger partial charge in [0.15, 0.2) is 0 Å². The Morgan fingerprint density at radius 3 is 2.94 bits per heavy atom. The molecule has 7 heteroatoms. The van der Waals surface area contributed by atoms with E-state index in [2.05, 4.69) is 27.5 Å². The number of anilines is 1. The number of hydrogen-bond donors (Lipinski definition) is 2. The molecule has 98 valence electrons. The topological polar surface area (TPSA) is 66.9 Å². The second-order valence-corrected chi connectivity index (χ2v) is 5.20. The van der Waals surface area contributed by atoms with Gasteiger partial charge in [0.2, 0.25) is 11.2 Å². The number of halogens is 2. The molecule has 1 fully saturated rings. The molecule has 1 saturated heterocycles. The predicted octanol–water partition coefficient (Wildman–Crippen LogP) is 2.11. The lowest BCUT2D eigenvalue weighted by Crippen LogP contribution is -2.45. The number of hydrogen-bond acceptors (Lipinski definition) is 4. The quantitative estimate of drug-likeness (QED) is 0.646. The maximum atomic E-state index is 12.0. The number of aromatic nitrogens is 2. The molecule has 2 atom stereocenters. The lowest BCUT2D eigenvalue weighted by molar-refractivity contribution is -0.119. The SMILES string of the molecule is CC1CCNC(C(=O)Nc2cc(Cl)nc(Cl)n2)C1. The molecule has 18 heavy (non-hydrogen) atoms. The minimum Gasteiger partial charge on any atom is -0.309 e. The maximum absolute atomic E-state index is 12.0. The van der Waals surface area contributed by atoms with Crippen LogP contribution in [-0.2, 0) is 4.79 Å². The Kier molecular flexibility index (Phi) is 4.37. The van der Waals surface area contributed by atoms with Gasteiger partial charge in [-0.15, -0.1) is 0 Å². The Labute approximate surface area is 115 Å². The monoisotopic (exact) mass is 288 g/mol. The van der Waals surface area contributed by atoms with E-state index in [0.717, 1.165) is 19.4 Å². The highest BCUT2D eigenvalue weighted by atomic mass is 35.5. The van der Waals surface area contributed by atoms with Crippen LogP contribution in [0, 0.1) is 5.92 Å². The first-order valence-electron chi connectivity index (χ1n) is 5.79.